The summed E-state index contributed by atoms with van der Waals surface area (Å²) >= 11 is 1.87. The molecule has 0 amide bonds. The fourth-order valence-electron chi connectivity index (χ4n) is 2.61. The van der Waals surface area contributed by atoms with E-state index in [1.165, 1.54) is 10.8 Å². The van der Waals surface area contributed by atoms with Crippen LogP contribution in [0, 0.1) is 15.4 Å². The van der Waals surface area contributed by atoms with Crippen LogP contribution < -0.4 is 11.2 Å². The number of nitrogens with zero attached hydrogens (tertiary/aromatic N) is 1. The molecule has 1 saturated carbocycles. The topological polar surface area (TPSA) is 95.3 Å². The summed E-state index contributed by atoms with van der Waals surface area (Å²) < 4.78 is 1.91. The minimum Gasteiger partial charge on any atom is -0.396 e. The Kier molecular flexibility index (Phi) is 4.23. The Labute approximate surface area is 117 Å². The zero-order chi connectivity index (χ0) is 13.3. The highest BCUT2D eigenvalue weighted by Crippen LogP contribution is 2.38. The van der Waals surface area contributed by atoms with Crippen molar-refractivity contribution in [2.75, 3.05) is 13.2 Å². The smallest absolute Gasteiger partial charge is 0.328 e. The molecule has 0 saturated heterocycles. The molecule has 1 aliphatic rings. The zero-order valence-electron chi connectivity index (χ0n) is 9.67. The summed E-state index contributed by atoms with van der Waals surface area (Å²) in [6.07, 6.45) is 2.86. The lowest BCUT2D eigenvalue weighted by Gasteiger charge is -2.19. The highest BCUT2D eigenvalue weighted by molar-refractivity contribution is 14.1. The van der Waals surface area contributed by atoms with Crippen LogP contribution in [0.1, 0.15) is 18.9 Å². The molecule has 0 bridgehead atoms. The number of halogens is 1. The predicted molar refractivity (Wildman–Crippen MR) is 73.5 cm³/mol. The van der Waals surface area contributed by atoms with Gasteiger partial charge in [0.15, 0.2) is 0 Å². The third-order valence-electron chi connectivity index (χ3n) is 3.53. The molecular weight excluding hydrogens is 351 g/mol. The van der Waals surface area contributed by atoms with Crippen LogP contribution in [0.25, 0.3) is 0 Å². The van der Waals surface area contributed by atoms with Gasteiger partial charge in [-0.1, -0.05) is 0 Å². The van der Waals surface area contributed by atoms with E-state index in [-0.39, 0.29) is 31.1 Å². The van der Waals surface area contributed by atoms with Crippen molar-refractivity contribution in [2.45, 2.75) is 18.9 Å². The molecule has 1 heterocycles. The standard InChI is InChI=1S/C11H15IN2O4/c12-8-3-14(11(18)13-10(8)17)9-2-6(4-15)1-7(9)5-16/h3,6-7,9,15-16H,1-2,4-5H2,(H,13,17,18)/t6-,7+,9-/m1/s1. The van der Waals surface area contributed by atoms with Crippen LogP contribution in [0.5, 0.6) is 0 Å². The Morgan fingerprint density at radius 1 is 1.33 bits per heavy atom. The molecule has 1 aromatic heterocycles. The number of rotatable bonds is 3. The number of nitrogens with one attached hydrogen (secondary N) is 1. The monoisotopic (exact) mass is 366 g/mol. The van der Waals surface area contributed by atoms with Crippen molar-refractivity contribution >= 4 is 22.6 Å². The summed E-state index contributed by atoms with van der Waals surface area (Å²) in [4.78, 5) is 25.4. The van der Waals surface area contributed by atoms with Crippen molar-refractivity contribution < 1.29 is 10.2 Å². The van der Waals surface area contributed by atoms with E-state index >= 15 is 0 Å². The van der Waals surface area contributed by atoms with Gasteiger partial charge in [-0.15, -0.1) is 0 Å². The van der Waals surface area contributed by atoms with E-state index < -0.39 is 11.2 Å². The van der Waals surface area contributed by atoms with Gasteiger partial charge < -0.3 is 10.2 Å². The predicted octanol–water partition coefficient (Wildman–Crippen LogP) is -0.307. The lowest BCUT2D eigenvalue weighted by atomic mass is 10.0. The summed E-state index contributed by atoms with van der Waals surface area (Å²) in [5.41, 5.74) is -0.850. The number of hydrogen-bond donors (Lipinski definition) is 3. The van der Waals surface area contributed by atoms with Gasteiger partial charge in [0.05, 0.1) is 3.57 Å². The van der Waals surface area contributed by atoms with Gasteiger partial charge in [-0.2, -0.15) is 0 Å². The molecule has 1 fully saturated rings. The Bertz CT molecular complexity index is 539. The highest BCUT2D eigenvalue weighted by atomic mass is 127. The molecule has 6 nitrogen and oxygen atoms in total. The third kappa shape index (κ3) is 2.52. The number of aliphatic hydroxyl groups is 2. The average Bonchev–Trinajstić information content (AvgIpc) is 2.77. The first kappa shape index (κ1) is 13.8. The molecule has 0 spiro atoms. The second-order valence-corrected chi connectivity index (χ2v) is 5.84. The lowest BCUT2D eigenvalue weighted by Crippen LogP contribution is -2.35. The zero-order valence-corrected chi connectivity index (χ0v) is 11.8. The molecule has 0 aliphatic heterocycles. The summed E-state index contributed by atoms with van der Waals surface area (Å²) in [6.45, 7) is 0.0332. The third-order valence-corrected chi connectivity index (χ3v) is 4.30. The van der Waals surface area contributed by atoms with E-state index in [1.807, 2.05) is 22.6 Å². The van der Waals surface area contributed by atoms with E-state index in [4.69, 9.17) is 0 Å². The molecule has 1 aromatic rings. The molecule has 18 heavy (non-hydrogen) atoms. The highest BCUT2D eigenvalue weighted by Gasteiger charge is 2.35. The SMILES string of the molecule is O=c1[nH]c(=O)n([C@@H]2C[C@H](CO)C[C@H]2CO)cc1I. The number of H-pyrrole nitrogens is 1. The Morgan fingerprint density at radius 2 is 2.06 bits per heavy atom. The minimum absolute atomic E-state index is 0.0245. The Balaban J connectivity index is 2.39. The number of aromatic amines is 1. The van der Waals surface area contributed by atoms with Crippen molar-refractivity contribution in [2.24, 2.45) is 11.8 Å². The van der Waals surface area contributed by atoms with Gasteiger partial charge in [0, 0.05) is 31.4 Å². The molecule has 3 atom stereocenters. The summed E-state index contributed by atoms with van der Waals surface area (Å²) in [5, 5.41) is 18.5. The second kappa shape index (κ2) is 5.54. The van der Waals surface area contributed by atoms with Crippen molar-refractivity contribution in [1.29, 1.82) is 0 Å². The van der Waals surface area contributed by atoms with Crippen molar-refractivity contribution in [1.82, 2.24) is 9.55 Å². The maximum Gasteiger partial charge on any atom is 0.328 e. The molecule has 0 unspecified atom stereocenters. The van der Waals surface area contributed by atoms with Crippen LogP contribution in [-0.2, 0) is 0 Å². The van der Waals surface area contributed by atoms with Crippen LogP contribution in [0.2, 0.25) is 0 Å². The first-order chi connectivity index (χ1) is 8.56. The van der Waals surface area contributed by atoms with Crippen molar-refractivity contribution in [3.05, 3.63) is 30.6 Å². The van der Waals surface area contributed by atoms with Gasteiger partial charge in [0.25, 0.3) is 5.56 Å². The minimum atomic E-state index is -0.456. The molecule has 0 radical (unpaired) electrons. The van der Waals surface area contributed by atoms with Gasteiger partial charge in [0.2, 0.25) is 0 Å². The first-order valence-corrected chi connectivity index (χ1v) is 6.87. The largest absolute Gasteiger partial charge is 0.396 e. The van der Waals surface area contributed by atoms with Gasteiger partial charge in [-0.05, 0) is 41.4 Å². The number of hydrogen-bond acceptors (Lipinski definition) is 4. The van der Waals surface area contributed by atoms with Crippen molar-refractivity contribution in [3.63, 3.8) is 0 Å². The van der Waals surface area contributed by atoms with Crippen LogP contribution in [0.3, 0.4) is 0 Å². The molecule has 2 rings (SSSR count). The van der Waals surface area contributed by atoms with Crippen LogP contribution in [0.4, 0.5) is 0 Å². The van der Waals surface area contributed by atoms with E-state index in [0.717, 1.165) is 0 Å². The first-order valence-electron chi connectivity index (χ1n) is 5.79. The summed E-state index contributed by atoms with van der Waals surface area (Å²) in [5.74, 6) is 0.0465. The maximum atomic E-state index is 11.8. The van der Waals surface area contributed by atoms with E-state index in [9.17, 15) is 19.8 Å². The van der Waals surface area contributed by atoms with E-state index in [1.54, 1.807) is 0 Å². The lowest BCUT2D eigenvalue weighted by molar-refractivity contribution is 0.187. The average molecular weight is 366 g/mol. The Morgan fingerprint density at radius 3 is 2.67 bits per heavy atom. The summed E-state index contributed by atoms with van der Waals surface area (Å²) in [6, 6.07) is -0.162. The number of aliphatic hydroxyl groups excluding tert-OH is 2. The normalized spacial score (nSPS) is 27.6. The molecular formula is C11H15IN2O4. The van der Waals surface area contributed by atoms with Gasteiger partial charge in [-0.3, -0.25) is 14.3 Å². The van der Waals surface area contributed by atoms with Crippen LogP contribution in [-0.4, -0.2) is 33.0 Å². The quantitative estimate of drug-likeness (QED) is 0.640. The van der Waals surface area contributed by atoms with E-state index in [2.05, 4.69) is 4.98 Å². The summed E-state index contributed by atoms with van der Waals surface area (Å²) in [7, 11) is 0. The van der Waals surface area contributed by atoms with Crippen LogP contribution >= 0.6 is 22.6 Å². The van der Waals surface area contributed by atoms with Gasteiger partial charge in [0.1, 0.15) is 0 Å². The molecule has 7 heteroatoms. The van der Waals surface area contributed by atoms with Crippen LogP contribution in [0.15, 0.2) is 15.8 Å². The molecule has 0 aromatic carbocycles. The number of aromatic nitrogens is 2. The molecule has 3 N–H and O–H groups in total. The maximum absolute atomic E-state index is 11.8. The molecule has 1 aliphatic carbocycles. The van der Waals surface area contributed by atoms with Gasteiger partial charge >= 0.3 is 5.69 Å². The van der Waals surface area contributed by atoms with Crippen molar-refractivity contribution in [3.8, 4) is 0 Å². The Hall–Kier alpha value is -0.670. The fraction of sp³-hybridized carbons (Fsp3) is 0.636. The fourth-order valence-corrected chi connectivity index (χ4v) is 3.04. The second-order valence-electron chi connectivity index (χ2n) is 4.67. The van der Waals surface area contributed by atoms with E-state index in [0.29, 0.717) is 16.4 Å². The van der Waals surface area contributed by atoms with Gasteiger partial charge in [-0.25, -0.2) is 4.79 Å². The molecule has 100 valence electrons.